The topological polar surface area (TPSA) is 12.0 Å². The minimum Gasteiger partial charge on any atom is -0.320 e. The lowest BCUT2D eigenvalue weighted by atomic mass is 10.1. The molecule has 1 aromatic carbocycles. The van der Waals surface area contributed by atoms with Gasteiger partial charge in [0, 0.05) is 5.56 Å². The smallest absolute Gasteiger partial charge is 0.263 e. The van der Waals surface area contributed by atoms with Crippen LogP contribution in [0, 0.1) is 0 Å². The van der Waals surface area contributed by atoms with Crippen molar-refractivity contribution in [2.45, 2.75) is 25.7 Å². The summed E-state index contributed by atoms with van der Waals surface area (Å²) in [5.74, 6) is 0. The number of benzene rings is 1. The lowest BCUT2D eigenvalue weighted by Gasteiger charge is -2.03. The molecule has 0 fully saturated rings. The van der Waals surface area contributed by atoms with Crippen LogP contribution < -0.4 is 5.32 Å². The van der Waals surface area contributed by atoms with Gasteiger partial charge < -0.3 is 5.32 Å². The van der Waals surface area contributed by atoms with E-state index in [0.717, 1.165) is 31.4 Å². The van der Waals surface area contributed by atoms with Gasteiger partial charge in [0.25, 0.3) is 6.43 Å². The third-order valence-corrected chi connectivity index (χ3v) is 2.37. The van der Waals surface area contributed by atoms with Gasteiger partial charge in [-0.3, -0.25) is 0 Å². The first-order valence-electron chi connectivity index (χ1n) is 5.25. The zero-order valence-electron chi connectivity index (χ0n) is 8.97. The number of unbranched alkanes of at least 4 members (excludes halogenated alkanes) is 1. The van der Waals surface area contributed by atoms with Crippen molar-refractivity contribution < 1.29 is 8.78 Å². The molecule has 1 N–H and O–H groups in total. The maximum atomic E-state index is 12.2. The number of rotatable bonds is 6. The van der Waals surface area contributed by atoms with E-state index < -0.39 is 6.43 Å². The number of hydrogen-bond donors (Lipinski definition) is 1. The molecule has 0 bridgehead atoms. The third-order valence-electron chi connectivity index (χ3n) is 2.37. The number of hydrogen-bond acceptors (Lipinski definition) is 1. The maximum absolute atomic E-state index is 12.2. The van der Waals surface area contributed by atoms with Gasteiger partial charge in [-0.1, -0.05) is 24.3 Å². The van der Waals surface area contributed by atoms with Crippen molar-refractivity contribution in [1.29, 1.82) is 0 Å². The lowest BCUT2D eigenvalue weighted by Crippen LogP contribution is -2.07. The van der Waals surface area contributed by atoms with Gasteiger partial charge in [0.1, 0.15) is 0 Å². The summed E-state index contributed by atoms with van der Waals surface area (Å²) in [6.07, 6.45) is 0.816. The summed E-state index contributed by atoms with van der Waals surface area (Å²) in [5, 5.41) is 3.08. The summed E-state index contributed by atoms with van der Waals surface area (Å²) in [7, 11) is 1.93. The first kappa shape index (κ1) is 12.1. The molecule has 0 radical (unpaired) electrons. The van der Waals surface area contributed by atoms with E-state index in [2.05, 4.69) is 5.32 Å². The van der Waals surface area contributed by atoms with E-state index in [1.54, 1.807) is 12.1 Å². The fraction of sp³-hybridized carbons (Fsp3) is 0.500. The average Bonchev–Trinajstić information content (AvgIpc) is 2.25. The molecule has 0 heterocycles. The molecule has 0 atom stereocenters. The van der Waals surface area contributed by atoms with Crippen molar-refractivity contribution in [3.8, 4) is 0 Å². The second-order valence-electron chi connectivity index (χ2n) is 3.60. The molecule has 0 amide bonds. The number of halogens is 2. The molecule has 0 aliphatic heterocycles. The highest BCUT2D eigenvalue weighted by Crippen LogP contribution is 2.19. The van der Waals surface area contributed by atoms with Crippen molar-refractivity contribution >= 4 is 0 Å². The van der Waals surface area contributed by atoms with E-state index in [9.17, 15) is 8.78 Å². The highest BCUT2D eigenvalue weighted by molar-refractivity contribution is 5.23. The lowest BCUT2D eigenvalue weighted by molar-refractivity contribution is 0.151. The van der Waals surface area contributed by atoms with Gasteiger partial charge >= 0.3 is 0 Å². The molecule has 1 rings (SSSR count). The number of aryl methyl sites for hydroxylation is 1. The van der Waals surface area contributed by atoms with Crippen LogP contribution in [0.25, 0.3) is 0 Å². The SMILES string of the molecule is CNCCCCc1ccc(C(F)F)cc1. The van der Waals surface area contributed by atoms with E-state index in [4.69, 9.17) is 0 Å². The Labute approximate surface area is 89.5 Å². The largest absolute Gasteiger partial charge is 0.320 e. The molecule has 0 aromatic heterocycles. The maximum Gasteiger partial charge on any atom is 0.263 e. The van der Waals surface area contributed by atoms with Gasteiger partial charge in [0.15, 0.2) is 0 Å². The van der Waals surface area contributed by atoms with Crippen LogP contribution in [0.5, 0.6) is 0 Å². The summed E-state index contributed by atoms with van der Waals surface area (Å²) >= 11 is 0. The molecule has 0 saturated carbocycles. The molecular weight excluding hydrogens is 196 g/mol. The summed E-state index contributed by atoms with van der Waals surface area (Å²) in [6, 6.07) is 6.61. The Balaban J connectivity index is 2.36. The fourth-order valence-electron chi connectivity index (χ4n) is 1.46. The van der Waals surface area contributed by atoms with Crippen LogP contribution in [-0.2, 0) is 6.42 Å². The fourth-order valence-corrected chi connectivity index (χ4v) is 1.46. The molecular formula is C12H17F2N. The summed E-state index contributed by atoms with van der Waals surface area (Å²) in [6.45, 7) is 1.01. The summed E-state index contributed by atoms with van der Waals surface area (Å²) in [5.41, 5.74) is 1.24. The highest BCUT2D eigenvalue weighted by atomic mass is 19.3. The predicted molar refractivity (Wildman–Crippen MR) is 58.3 cm³/mol. The van der Waals surface area contributed by atoms with Gasteiger partial charge in [-0.25, -0.2) is 8.78 Å². The van der Waals surface area contributed by atoms with E-state index in [0.29, 0.717) is 0 Å². The first-order valence-corrected chi connectivity index (χ1v) is 5.25. The van der Waals surface area contributed by atoms with Crippen LogP contribution in [0.2, 0.25) is 0 Å². The minimum absolute atomic E-state index is 0.106. The number of alkyl halides is 2. The molecule has 84 valence electrons. The molecule has 0 spiro atoms. The Hall–Kier alpha value is -0.960. The van der Waals surface area contributed by atoms with Crippen molar-refractivity contribution in [2.75, 3.05) is 13.6 Å². The van der Waals surface area contributed by atoms with Gasteiger partial charge in [0.2, 0.25) is 0 Å². The van der Waals surface area contributed by atoms with Crippen LogP contribution in [-0.4, -0.2) is 13.6 Å². The third kappa shape index (κ3) is 4.38. The van der Waals surface area contributed by atoms with Gasteiger partial charge in [-0.2, -0.15) is 0 Å². The van der Waals surface area contributed by atoms with E-state index in [1.165, 1.54) is 12.1 Å². The Bertz CT molecular complexity index is 269. The molecule has 3 heteroatoms. The van der Waals surface area contributed by atoms with Gasteiger partial charge in [0.05, 0.1) is 0 Å². The molecule has 0 aliphatic carbocycles. The molecule has 1 aromatic rings. The molecule has 0 unspecified atom stereocenters. The van der Waals surface area contributed by atoms with Gasteiger partial charge in [-0.05, 0) is 38.4 Å². The number of nitrogens with one attached hydrogen (secondary N) is 1. The second-order valence-corrected chi connectivity index (χ2v) is 3.60. The van der Waals surface area contributed by atoms with E-state index in [1.807, 2.05) is 7.05 Å². The monoisotopic (exact) mass is 213 g/mol. The molecule has 15 heavy (non-hydrogen) atoms. The van der Waals surface area contributed by atoms with Crippen molar-refractivity contribution in [3.05, 3.63) is 35.4 Å². The van der Waals surface area contributed by atoms with Crippen molar-refractivity contribution in [1.82, 2.24) is 5.32 Å². The van der Waals surface area contributed by atoms with Crippen LogP contribution >= 0.6 is 0 Å². The normalized spacial score (nSPS) is 10.9. The summed E-state index contributed by atoms with van der Waals surface area (Å²) in [4.78, 5) is 0. The van der Waals surface area contributed by atoms with Crippen molar-refractivity contribution in [3.63, 3.8) is 0 Å². The zero-order valence-corrected chi connectivity index (χ0v) is 8.97. The average molecular weight is 213 g/mol. The van der Waals surface area contributed by atoms with Gasteiger partial charge in [-0.15, -0.1) is 0 Å². The van der Waals surface area contributed by atoms with Crippen LogP contribution in [0.3, 0.4) is 0 Å². The standard InChI is InChI=1S/C12H17F2N/c1-15-9-3-2-4-10-5-7-11(8-6-10)12(13)14/h5-8,12,15H,2-4,9H2,1H3. The quantitative estimate of drug-likeness (QED) is 0.716. The molecule has 0 saturated heterocycles. The molecule has 1 nitrogen and oxygen atoms in total. The van der Waals surface area contributed by atoms with Crippen LogP contribution in [0.4, 0.5) is 8.78 Å². The van der Waals surface area contributed by atoms with Crippen LogP contribution in [0.1, 0.15) is 30.4 Å². The Morgan fingerprint density at radius 3 is 2.33 bits per heavy atom. The van der Waals surface area contributed by atoms with Crippen LogP contribution in [0.15, 0.2) is 24.3 Å². The summed E-state index contributed by atoms with van der Waals surface area (Å²) < 4.78 is 24.5. The Morgan fingerprint density at radius 2 is 1.80 bits per heavy atom. The Morgan fingerprint density at radius 1 is 1.13 bits per heavy atom. The van der Waals surface area contributed by atoms with E-state index in [-0.39, 0.29) is 5.56 Å². The minimum atomic E-state index is -2.36. The zero-order chi connectivity index (χ0) is 11.1. The first-order chi connectivity index (χ1) is 7.24. The van der Waals surface area contributed by atoms with Crippen molar-refractivity contribution in [2.24, 2.45) is 0 Å². The highest BCUT2D eigenvalue weighted by Gasteiger charge is 2.05. The Kier molecular flexibility index (Phi) is 5.26. The predicted octanol–water partition coefficient (Wildman–Crippen LogP) is 3.17. The molecule has 0 aliphatic rings. The second kappa shape index (κ2) is 6.51. The van der Waals surface area contributed by atoms with E-state index >= 15 is 0 Å².